The fourth-order valence-electron chi connectivity index (χ4n) is 3.13. The van der Waals surface area contributed by atoms with Gasteiger partial charge in [0.25, 0.3) is 5.91 Å². The third-order valence-corrected chi connectivity index (χ3v) is 4.88. The second-order valence-corrected chi connectivity index (χ2v) is 6.91. The number of carbonyl (C=O) groups is 1. The van der Waals surface area contributed by atoms with Crippen molar-refractivity contribution >= 4 is 39.9 Å². The van der Waals surface area contributed by atoms with Crippen LogP contribution in [-0.4, -0.2) is 27.3 Å². The van der Waals surface area contributed by atoms with Gasteiger partial charge in [-0.05, 0) is 24.3 Å². The van der Waals surface area contributed by atoms with Crippen LogP contribution in [0.2, 0.25) is 5.02 Å². The molecule has 3 aromatic rings. The van der Waals surface area contributed by atoms with Crippen molar-refractivity contribution in [1.29, 1.82) is 0 Å². The van der Waals surface area contributed by atoms with Crippen LogP contribution in [0.25, 0.3) is 11.0 Å². The molecule has 0 radical (unpaired) electrons. The first-order chi connectivity index (χ1) is 13.7. The van der Waals surface area contributed by atoms with E-state index >= 15 is 0 Å². The summed E-state index contributed by atoms with van der Waals surface area (Å²) < 4.78 is 40.0. The molecule has 0 saturated heterocycles. The lowest BCUT2D eigenvalue weighted by Gasteiger charge is -2.10. The Balaban J connectivity index is 1.49. The van der Waals surface area contributed by atoms with E-state index < -0.39 is 24.0 Å². The van der Waals surface area contributed by atoms with Gasteiger partial charge in [-0.15, -0.1) is 0 Å². The van der Waals surface area contributed by atoms with Crippen LogP contribution in [0.4, 0.5) is 18.9 Å². The van der Waals surface area contributed by atoms with Gasteiger partial charge in [-0.25, -0.2) is 4.98 Å². The van der Waals surface area contributed by atoms with Crippen molar-refractivity contribution in [2.45, 2.75) is 18.7 Å². The lowest BCUT2D eigenvalue weighted by atomic mass is 10.0. The molecule has 2 aromatic carbocycles. The highest BCUT2D eigenvalue weighted by Crippen LogP contribution is 2.31. The second-order valence-electron chi connectivity index (χ2n) is 6.50. The molecule has 0 aliphatic carbocycles. The predicted molar refractivity (Wildman–Crippen MR) is 102 cm³/mol. The normalized spacial score (nSPS) is 16.6. The number of aryl methyl sites for hydroxylation is 1. The number of anilines is 1. The molecule has 0 fully saturated rings. The van der Waals surface area contributed by atoms with Gasteiger partial charge in [0, 0.05) is 29.7 Å². The maximum Gasteiger partial charge on any atom is 0.449 e. The number of carbonyl (C=O) groups excluding carboxylic acids is 1. The highest BCUT2D eigenvalue weighted by Gasteiger charge is 2.36. The smallest absolute Gasteiger partial charge is 0.382 e. The first-order valence-corrected chi connectivity index (χ1v) is 8.94. The Morgan fingerprint density at radius 2 is 2.03 bits per heavy atom. The number of nitrogens with zero attached hydrogens (tertiary/aromatic N) is 3. The van der Waals surface area contributed by atoms with Gasteiger partial charge < -0.3 is 14.7 Å². The molecule has 29 heavy (non-hydrogen) atoms. The molecule has 1 aliphatic rings. The van der Waals surface area contributed by atoms with Crippen molar-refractivity contribution in [3.05, 3.63) is 58.9 Å². The molecule has 0 spiro atoms. The molecule has 1 N–H and O–H groups in total. The molecule has 0 saturated carbocycles. The molecule has 4 rings (SSSR count). The molecule has 1 atom stereocenters. The van der Waals surface area contributed by atoms with Crippen LogP contribution in [0.1, 0.15) is 17.8 Å². The molecule has 150 valence electrons. The van der Waals surface area contributed by atoms with Gasteiger partial charge in [-0.2, -0.15) is 13.2 Å². The fraction of sp³-hybridized carbons (Fsp3) is 0.211. The Morgan fingerprint density at radius 3 is 2.76 bits per heavy atom. The van der Waals surface area contributed by atoms with E-state index in [1.165, 1.54) is 25.2 Å². The number of rotatable bonds is 3. The number of nitrogens with one attached hydrogen (secondary N) is 1. The standard InChI is InChI=1S/C19H14ClF3N4O2/c1-27-15-7-6-10(8-14(15)25-18(27)19(21,22)23)24-17(28)16-9-13(26-29-16)11-4-2-3-5-12(11)20/h2-8,16H,9H2,1H3,(H,24,28)/t16-/m1/s1. The van der Waals surface area contributed by atoms with Gasteiger partial charge in [-0.1, -0.05) is 35.0 Å². The zero-order valence-corrected chi connectivity index (χ0v) is 15.8. The number of benzene rings is 2. The van der Waals surface area contributed by atoms with Gasteiger partial charge in [-0.3, -0.25) is 4.79 Å². The Hall–Kier alpha value is -3.07. The van der Waals surface area contributed by atoms with Gasteiger partial charge in [0.15, 0.2) is 0 Å². The third kappa shape index (κ3) is 3.65. The monoisotopic (exact) mass is 422 g/mol. The topological polar surface area (TPSA) is 68.5 Å². The highest BCUT2D eigenvalue weighted by atomic mass is 35.5. The summed E-state index contributed by atoms with van der Waals surface area (Å²) in [5.41, 5.74) is 1.96. The van der Waals surface area contributed by atoms with E-state index in [4.69, 9.17) is 16.4 Å². The van der Waals surface area contributed by atoms with E-state index in [-0.39, 0.29) is 11.9 Å². The van der Waals surface area contributed by atoms with E-state index in [9.17, 15) is 18.0 Å². The molecular formula is C19H14ClF3N4O2. The Morgan fingerprint density at radius 1 is 1.28 bits per heavy atom. The van der Waals surface area contributed by atoms with Crippen LogP contribution >= 0.6 is 11.6 Å². The van der Waals surface area contributed by atoms with Gasteiger partial charge in [0.2, 0.25) is 11.9 Å². The van der Waals surface area contributed by atoms with Crippen molar-refractivity contribution in [2.75, 3.05) is 5.32 Å². The number of halogens is 4. The first kappa shape index (κ1) is 19.3. The largest absolute Gasteiger partial charge is 0.449 e. The summed E-state index contributed by atoms with van der Waals surface area (Å²) in [6.07, 6.45) is -5.22. The van der Waals surface area contributed by atoms with E-state index in [0.717, 1.165) is 4.57 Å². The minimum atomic E-state index is -4.57. The second kappa shape index (κ2) is 7.07. The zero-order valence-electron chi connectivity index (χ0n) is 15.0. The Labute approximate surface area is 167 Å². The van der Waals surface area contributed by atoms with Crippen molar-refractivity contribution in [3.63, 3.8) is 0 Å². The number of alkyl halides is 3. The summed E-state index contributed by atoms with van der Waals surface area (Å²) >= 11 is 6.14. The SMILES string of the molecule is Cn1c(C(F)(F)F)nc2cc(NC(=O)[C@H]3CC(c4ccccc4Cl)=NO3)ccc21. The number of imidazole rings is 1. The van der Waals surface area contributed by atoms with Crippen molar-refractivity contribution in [3.8, 4) is 0 Å². The average Bonchev–Trinajstić information content (AvgIpc) is 3.27. The maximum absolute atomic E-state index is 13.0. The van der Waals surface area contributed by atoms with Crippen LogP contribution in [0.5, 0.6) is 0 Å². The number of fused-ring (bicyclic) bond motifs is 1. The summed E-state index contributed by atoms with van der Waals surface area (Å²) in [5, 5.41) is 7.06. The van der Waals surface area contributed by atoms with Crippen molar-refractivity contribution in [2.24, 2.45) is 12.2 Å². The van der Waals surface area contributed by atoms with Crippen LogP contribution in [-0.2, 0) is 22.9 Å². The molecule has 0 bridgehead atoms. The quantitative estimate of drug-likeness (QED) is 0.681. The molecule has 1 aromatic heterocycles. The van der Waals surface area contributed by atoms with Crippen molar-refractivity contribution < 1.29 is 22.8 Å². The number of hydrogen-bond acceptors (Lipinski definition) is 4. The summed E-state index contributed by atoms with van der Waals surface area (Å²) in [6, 6.07) is 11.4. The van der Waals surface area contributed by atoms with E-state index in [0.29, 0.717) is 27.5 Å². The van der Waals surface area contributed by atoms with Gasteiger partial charge in [0.1, 0.15) is 0 Å². The summed E-state index contributed by atoms with van der Waals surface area (Å²) in [5.74, 6) is -1.48. The lowest BCUT2D eigenvalue weighted by Crippen LogP contribution is -2.28. The minimum Gasteiger partial charge on any atom is -0.382 e. The third-order valence-electron chi connectivity index (χ3n) is 4.55. The highest BCUT2D eigenvalue weighted by molar-refractivity contribution is 6.34. The van der Waals surface area contributed by atoms with Crippen molar-refractivity contribution in [1.82, 2.24) is 9.55 Å². The minimum absolute atomic E-state index is 0.123. The number of aromatic nitrogens is 2. The Bertz CT molecular complexity index is 1140. The molecule has 10 heteroatoms. The zero-order chi connectivity index (χ0) is 20.8. The fourth-order valence-corrected chi connectivity index (χ4v) is 3.37. The number of amides is 1. The molecule has 1 amide bonds. The van der Waals surface area contributed by atoms with Gasteiger partial charge in [0.05, 0.1) is 16.7 Å². The van der Waals surface area contributed by atoms with Crippen LogP contribution in [0.15, 0.2) is 47.6 Å². The average molecular weight is 423 g/mol. The van der Waals surface area contributed by atoms with Gasteiger partial charge >= 0.3 is 6.18 Å². The van der Waals surface area contributed by atoms with E-state index in [1.807, 2.05) is 0 Å². The molecule has 2 heterocycles. The summed E-state index contributed by atoms with van der Waals surface area (Å²) in [7, 11) is 1.29. The summed E-state index contributed by atoms with van der Waals surface area (Å²) in [4.78, 5) is 21.3. The van der Waals surface area contributed by atoms with Crippen LogP contribution in [0, 0.1) is 0 Å². The number of hydrogen-bond donors (Lipinski definition) is 1. The number of oxime groups is 1. The van der Waals surface area contributed by atoms with Crippen LogP contribution in [0.3, 0.4) is 0 Å². The molecular weight excluding hydrogens is 409 g/mol. The first-order valence-electron chi connectivity index (χ1n) is 8.56. The van der Waals surface area contributed by atoms with Crippen LogP contribution < -0.4 is 5.32 Å². The predicted octanol–water partition coefficient (Wildman–Crippen LogP) is 4.38. The summed E-state index contributed by atoms with van der Waals surface area (Å²) in [6.45, 7) is 0. The lowest BCUT2D eigenvalue weighted by molar-refractivity contribution is -0.146. The molecule has 0 unspecified atom stereocenters. The molecule has 1 aliphatic heterocycles. The Kier molecular flexibility index (Phi) is 4.70. The van der Waals surface area contributed by atoms with E-state index in [2.05, 4.69) is 15.5 Å². The maximum atomic E-state index is 13.0. The van der Waals surface area contributed by atoms with E-state index in [1.54, 1.807) is 24.3 Å². The molecule has 6 nitrogen and oxygen atoms in total.